The van der Waals surface area contributed by atoms with Crippen LogP contribution in [0.1, 0.15) is 17.2 Å². The van der Waals surface area contributed by atoms with E-state index in [0.29, 0.717) is 5.75 Å². The van der Waals surface area contributed by atoms with Crippen LogP contribution in [0.5, 0.6) is 5.75 Å². The Morgan fingerprint density at radius 1 is 0.929 bits per heavy atom. The molecule has 0 saturated carbocycles. The van der Waals surface area contributed by atoms with Gasteiger partial charge in [0, 0.05) is 29.1 Å². The number of carbonyl (C=O) groups is 1. The summed E-state index contributed by atoms with van der Waals surface area (Å²) in [6.07, 6.45) is 1.63. The van der Waals surface area contributed by atoms with Gasteiger partial charge < -0.3 is 9.47 Å². The minimum Gasteiger partial charge on any atom is 0 e. The Morgan fingerprint density at radius 2 is 1.43 bits per heavy atom. The first kappa shape index (κ1) is 29.9. The SMILES string of the molecule is COC(=O)C(N=Cc1ccccc1OC)c1ccccc1.[C-]#[O+].[C-]#[O+].[C-]#[O+].[Cr]. The molecule has 0 saturated heterocycles. The minimum atomic E-state index is -0.680. The summed E-state index contributed by atoms with van der Waals surface area (Å²) in [5, 5.41) is 0. The van der Waals surface area contributed by atoms with Gasteiger partial charge in [0.25, 0.3) is 0 Å². The van der Waals surface area contributed by atoms with Crippen LogP contribution in [0.3, 0.4) is 0 Å². The van der Waals surface area contributed by atoms with Gasteiger partial charge in [-0.1, -0.05) is 42.5 Å². The van der Waals surface area contributed by atoms with E-state index >= 15 is 0 Å². The van der Waals surface area contributed by atoms with Gasteiger partial charge in [0.1, 0.15) is 5.75 Å². The summed E-state index contributed by atoms with van der Waals surface area (Å²) in [5.41, 5.74) is 1.60. The van der Waals surface area contributed by atoms with Crippen LogP contribution in [0.4, 0.5) is 0 Å². The summed E-state index contributed by atoms with van der Waals surface area (Å²) < 4.78 is 32.6. The molecule has 0 spiro atoms. The van der Waals surface area contributed by atoms with Crippen LogP contribution < -0.4 is 4.74 Å². The topological polar surface area (TPSA) is 108 Å². The van der Waals surface area contributed by atoms with Crippen LogP contribution in [-0.4, -0.2) is 26.4 Å². The van der Waals surface area contributed by atoms with Crippen molar-refractivity contribution in [2.75, 3.05) is 14.2 Å². The number of methoxy groups -OCH3 is 2. The van der Waals surface area contributed by atoms with Crippen molar-refractivity contribution in [1.82, 2.24) is 0 Å². The molecule has 8 heteroatoms. The van der Waals surface area contributed by atoms with Crippen LogP contribution in [0, 0.1) is 20.0 Å². The van der Waals surface area contributed by atoms with E-state index < -0.39 is 12.0 Å². The Balaban J connectivity index is -0.000000815. The molecule has 0 fully saturated rings. The van der Waals surface area contributed by atoms with Crippen molar-refractivity contribution in [3.05, 3.63) is 85.7 Å². The quantitative estimate of drug-likeness (QED) is 0.322. The van der Waals surface area contributed by atoms with E-state index in [0.717, 1.165) is 11.1 Å². The molecule has 2 aromatic rings. The third kappa shape index (κ3) is 10.3. The number of carbonyl (C=O) groups excluding carboxylic acids is 1. The molecule has 0 radical (unpaired) electrons. The van der Waals surface area contributed by atoms with Gasteiger partial charge in [0.15, 0.2) is 6.04 Å². The predicted octanol–water partition coefficient (Wildman–Crippen LogP) is 2.91. The number of benzene rings is 2. The maximum absolute atomic E-state index is 11.9. The number of para-hydroxylation sites is 1. The zero-order chi connectivity index (χ0) is 21.1. The van der Waals surface area contributed by atoms with Gasteiger partial charge >= 0.3 is 39.9 Å². The molecular weight excluding hydrogens is 402 g/mol. The zero-order valence-electron chi connectivity index (χ0n) is 15.2. The molecule has 0 aliphatic carbocycles. The first-order chi connectivity index (χ1) is 13.3. The van der Waals surface area contributed by atoms with E-state index in [2.05, 4.69) is 24.9 Å². The second-order valence-electron chi connectivity index (χ2n) is 4.36. The van der Waals surface area contributed by atoms with Crippen LogP contribution in [0.15, 0.2) is 59.6 Å². The largest absolute Gasteiger partial charge is 0 e. The molecule has 0 bridgehead atoms. The number of rotatable bonds is 5. The van der Waals surface area contributed by atoms with Crippen molar-refractivity contribution in [3.8, 4) is 5.75 Å². The van der Waals surface area contributed by atoms with Gasteiger partial charge in [-0.25, -0.2) is 4.79 Å². The van der Waals surface area contributed by atoms with Gasteiger partial charge in [-0.05, 0) is 17.7 Å². The number of ether oxygens (including phenoxy) is 2. The molecule has 28 heavy (non-hydrogen) atoms. The Bertz CT molecular complexity index is 742. The first-order valence-electron chi connectivity index (χ1n) is 7.16. The van der Waals surface area contributed by atoms with Crippen molar-refractivity contribution >= 4 is 12.2 Å². The molecule has 0 aliphatic rings. The Kier molecular flexibility index (Phi) is 21.8. The average molecular weight is 419 g/mol. The molecule has 7 nitrogen and oxygen atoms in total. The Morgan fingerprint density at radius 3 is 1.93 bits per heavy atom. The second kappa shape index (κ2) is 20.4. The van der Waals surface area contributed by atoms with Crippen molar-refractivity contribution in [2.45, 2.75) is 6.04 Å². The zero-order valence-corrected chi connectivity index (χ0v) is 16.4. The Labute approximate surface area is 174 Å². The van der Waals surface area contributed by atoms with Crippen molar-refractivity contribution in [1.29, 1.82) is 0 Å². The molecule has 2 rings (SSSR count). The van der Waals surface area contributed by atoms with Gasteiger partial charge in [0.2, 0.25) is 0 Å². The molecule has 0 aromatic heterocycles. The van der Waals surface area contributed by atoms with Crippen molar-refractivity contribution in [3.63, 3.8) is 0 Å². The maximum atomic E-state index is 11.9. The molecule has 2 aromatic carbocycles. The second-order valence-corrected chi connectivity index (χ2v) is 4.36. The first-order valence-corrected chi connectivity index (χ1v) is 7.16. The van der Waals surface area contributed by atoms with Crippen LogP contribution in [0.2, 0.25) is 0 Å². The minimum absolute atomic E-state index is 0. The summed E-state index contributed by atoms with van der Waals surface area (Å²) in [7, 11) is 2.96. The third-order valence-electron chi connectivity index (χ3n) is 3.04. The fourth-order valence-corrected chi connectivity index (χ4v) is 1.96. The molecule has 1 unspecified atom stereocenters. The molecule has 144 valence electrons. The molecule has 0 heterocycles. The fraction of sp³-hybridized carbons (Fsp3) is 0.150. The van der Waals surface area contributed by atoms with Crippen LogP contribution in [0.25, 0.3) is 0 Å². The summed E-state index contributed by atoms with van der Waals surface area (Å²) in [4.78, 5) is 16.3. The van der Waals surface area contributed by atoms with Crippen LogP contribution >= 0.6 is 0 Å². The third-order valence-corrected chi connectivity index (χ3v) is 3.04. The monoisotopic (exact) mass is 419 g/mol. The fourth-order valence-electron chi connectivity index (χ4n) is 1.96. The summed E-state index contributed by atoms with van der Waals surface area (Å²) in [6.45, 7) is 13.5. The predicted molar refractivity (Wildman–Crippen MR) is 93.6 cm³/mol. The number of hydrogen-bond donors (Lipinski definition) is 0. The van der Waals surface area contributed by atoms with Gasteiger partial charge in [-0.2, -0.15) is 0 Å². The summed E-state index contributed by atoms with van der Waals surface area (Å²) in [5.74, 6) is 0.310. The number of nitrogens with zero attached hydrogens (tertiary/aromatic N) is 1. The van der Waals surface area contributed by atoms with Gasteiger partial charge in [-0.3, -0.25) is 4.99 Å². The van der Waals surface area contributed by atoms with E-state index in [1.54, 1.807) is 13.3 Å². The summed E-state index contributed by atoms with van der Waals surface area (Å²) >= 11 is 0. The van der Waals surface area contributed by atoms with E-state index in [4.69, 9.17) is 23.4 Å². The average Bonchev–Trinajstić information content (AvgIpc) is 2.78. The standard InChI is InChI=1S/C17H17NO3.3CO.Cr/c1-20-15-11-7-6-10-14(15)12-18-16(17(19)21-2)13-8-4-3-5-9-13;3*1-2;/h3-12,16H,1-2H3;;;;. The molecule has 1 atom stereocenters. The normalized spacial score (nSPS) is 9.29. The van der Waals surface area contributed by atoms with Crippen molar-refractivity contribution < 1.29 is 45.6 Å². The number of hydrogen-bond acceptors (Lipinski definition) is 4. The van der Waals surface area contributed by atoms with E-state index in [9.17, 15) is 4.79 Å². The van der Waals surface area contributed by atoms with E-state index in [-0.39, 0.29) is 17.4 Å². The van der Waals surface area contributed by atoms with Crippen molar-refractivity contribution in [2.24, 2.45) is 4.99 Å². The smallest absolute Gasteiger partial charge is 0 e. The maximum Gasteiger partial charge on any atom is 0 e. The van der Waals surface area contributed by atoms with Gasteiger partial charge in [-0.15, -0.1) is 0 Å². The van der Waals surface area contributed by atoms with Gasteiger partial charge in [0.05, 0.1) is 14.2 Å². The molecule has 0 aliphatic heterocycles. The van der Waals surface area contributed by atoms with E-state index in [1.165, 1.54) is 7.11 Å². The molecule has 0 amide bonds. The number of esters is 1. The molecule has 0 N–H and O–H groups in total. The summed E-state index contributed by atoms with van der Waals surface area (Å²) in [6, 6.07) is 16.1. The van der Waals surface area contributed by atoms with Crippen LogP contribution in [-0.2, 0) is 40.8 Å². The Hall–Kier alpha value is -2.87. The number of aliphatic imine (C=N–C) groups is 1. The molecular formula is C20H17CrNO6. The van der Waals surface area contributed by atoms with E-state index in [1.807, 2.05) is 54.6 Å².